The first-order valence-corrected chi connectivity index (χ1v) is 5.93. The number of aryl methyl sites for hydroxylation is 1. The van der Waals surface area contributed by atoms with Crippen LogP contribution in [-0.2, 0) is 6.54 Å². The summed E-state index contributed by atoms with van der Waals surface area (Å²) in [7, 11) is 1.91. The summed E-state index contributed by atoms with van der Waals surface area (Å²) in [6.07, 6.45) is 3.73. The fourth-order valence-electron chi connectivity index (χ4n) is 1.79. The SMILES string of the molecule is CNCc1cc(-c2cncc(C)c2)ccc1Cl. The fourth-order valence-corrected chi connectivity index (χ4v) is 1.98. The molecule has 1 heterocycles. The van der Waals surface area contributed by atoms with Gasteiger partial charge in [-0.25, -0.2) is 0 Å². The van der Waals surface area contributed by atoms with E-state index in [1.807, 2.05) is 38.5 Å². The van der Waals surface area contributed by atoms with Crippen molar-refractivity contribution in [1.29, 1.82) is 0 Å². The van der Waals surface area contributed by atoms with Gasteiger partial charge in [0, 0.05) is 29.5 Å². The van der Waals surface area contributed by atoms with Crippen LogP contribution in [0.1, 0.15) is 11.1 Å². The summed E-state index contributed by atoms with van der Waals surface area (Å²) in [6, 6.07) is 8.19. The zero-order chi connectivity index (χ0) is 12.3. The Hall–Kier alpha value is -1.38. The molecule has 0 saturated carbocycles. The van der Waals surface area contributed by atoms with Crippen LogP contribution < -0.4 is 5.32 Å². The molecule has 1 aromatic heterocycles. The van der Waals surface area contributed by atoms with Gasteiger partial charge in [0.1, 0.15) is 0 Å². The van der Waals surface area contributed by atoms with Crippen LogP contribution in [0.5, 0.6) is 0 Å². The van der Waals surface area contributed by atoms with Crippen molar-refractivity contribution < 1.29 is 0 Å². The molecule has 2 nitrogen and oxygen atoms in total. The second kappa shape index (κ2) is 5.30. The number of hydrogen-bond donors (Lipinski definition) is 1. The number of hydrogen-bond acceptors (Lipinski definition) is 2. The number of pyridine rings is 1. The van der Waals surface area contributed by atoms with Gasteiger partial charge in [0.05, 0.1) is 0 Å². The molecule has 0 aliphatic heterocycles. The smallest absolute Gasteiger partial charge is 0.0451 e. The summed E-state index contributed by atoms with van der Waals surface area (Å²) in [5, 5.41) is 3.91. The third-order valence-electron chi connectivity index (χ3n) is 2.62. The average Bonchev–Trinajstić information content (AvgIpc) is 2.32. The molecule has 0 spiro atoms. The summed E-state index contributed by atoms with van der Waals surface area (Å²) < 4.78 is 0. The van der Waals surface area contributed by atoms with Gasteiger partial charge in [0.2, 0.25) is 0 Å². The lowest BCUT2D eigenvalue weighted by atomic mass is 10.0. The zero-order valence-electron chi connectivity index (χ0n) is 10.00. The minimum absolute atomic E-state index is 0.770. The Morgan fingerprint density at radius 3 is 2.71 bits per heavy atom. The molecule has 0 aliphatic carbocycles. The van der Waals surface area contributed by atoms with E-state index in [0.29, 0.717) is 0 Å². The Bertz CT molecular complexity index is 523. The molecule has 1 N–H and O–H groups in total. The summed E-state index contributed by atoms with van der Waals surface area (Å²) in [6.45, 7) is 2.81. The molecule has 0 fully saturated rings. The standard InChI is InChI=1S/C14H15ClN2/c1-10-5-12(9-17-7-10)11-3-4-14(15)13(6-11)8-16-2/h3-7,9,16H,8H2,1-2H3. The molecule has 0 aliphatic rings. The third-order valence-corrected chi connectivity index (χ3v) is 2.99. The van der Waals surface area contributed by atoms with Crippen LogP contribution >= 0.6 is 11.6 Å². The van der Waals surface area contributed by atoms with Crippen LogP contribution in [-0.4, -0.2) is 12.0 Å². The minimum Gasteiger partial charge on any atom is -0.316 e. The molecular formula is C14H15ClN2. The second-order valence-corrected chi connectivity index (χ2v) is 4.49. The van der Waals surface area contributed by atoms with E-state index in [1.165, 1.54) is 0 Å². The first-order chi connectivity index (χ1) is 8.20. The van der Waals surface area contributed by atoms with Gasteiger partial charge in [0.15, 0.2) is 0 Å². The van der Waals surface area contributed by atoms with Crippen molar-refractivity contribution in [2.75, 3.05) is 7.05 Å². The predicted molar refractivity (Wildman–Crippen MR) is 72.2 cm³/mol. The van der Waals surface area contributed by atoms with Gasteiger partial charge in [-0.3, -0.25) is 4.98 Å². The highest BCUT2D eigenvalue weighted by atomic mass is 35.5. The van der Waals surface area contributed by atoms with Crippen molar-refractivity contribution in [3.05, 3.63) is 52.8 Å². The Balaban J connectivity index is 2.42. The summed E-state index contributed by atoms with van der Waals surface area (Å²) in [5.41, 5.74) is 4.54. The molecule has 1 aromatic carbocycles. The van der Waals surface area contributed by atoms with Crippen molar-refractivity contribution >= 4 is 11.6 Å². The largest absolute Gasteiger partial charge is 0.316 e. The van der Waals surface area contributed by atoms with E-state index in [1.54, 1.807) is 0 Å². The van der Waals surface area contributed by atoms with Crippen LogP contribution in [0.25, 0.3) is 11.1 Å². The van der Waals surface area contributed by atoms with E-state index in [2.05, 4.69) is 22.4 Å². The number of nitrogens with zero attached hydrogens (tertiary/aromatic N) is 1. The van der Waals surface area contributed by atoms with Crippen molar-refractivity contribution in [3.63, 3.8) is 0 Å². The molecule has 2 aromatic rings. The van der Waals surface area contributed by atoms with E-state index in [0.717, 1.165) is 33.8 Å². The van der Waals surface area contributed by atoms with Gasteiger partial charge < -0.3 is 5.32 Å². The zero-order valence-corrected chi connectivity index (χ0v) is 10.8. The van der Waals surface area contributed by atoms with Crippen LogP contribution in [0.4, 0.5) is 0 Å². The maximum Gasteiger partial charge on any atom is 0.0451 e. The van der Waals surface area contributed by atoms with Gasteiger partial charge in [0.25, 0.3) is 0 Å². The highest BCUT2D eigenvalue weighted by Gasteiger charge is 2.03. The molecule has 0 bridgehead atoms. The highest BCUT2D eigenvalue weighted by Crippen LogP contribution is 2.25. The van der Waals surface area contributed by atoms with Crippen molar-refractivity contribution in [3.8, 4) is 11.1 Å². The Morgan fingerprint density at radius 2 is 2.00 bits per heavy atom. The van der Waals surface area contributed by atoms with Gasteiger partial charge in [-0.1, -0.05) is 17.7 Å². The maximum absolute atomic E-state index is 6.14. The Morgan fingerprint density at radius 1 is 1.18 bits per heavy atom. The van der Waals surface area contributed by atoms with Crippen molar-refractivity contribution in [2.24, 2.45) is 0 Å². The van der Waals surface area contributed by atoms with E-state index in [9.17, 15) is 0 Å². The average molecular weight is 247 g/mol. The summed E-state index contributed by atoms with van der Waals surface area (Å²) in [4.78, 5) is 4.21. The maximum atomic E-state index is 6.14. The Kier molecular flexibility index (Phi) is 3.77. The fraction of sp³-hybridized carbons (Fsp3) is 0.214. The van der Waals surface area contributed by atoms with E-state index in [-0.39, 0.29) is 0 Å². The molecule has 2 rings (SSSR count). The lowest BCUT2D eigenvalue weighted by Crippen LogP contribution is -2.05. The van der Waals surface area contributed by atoms with Crippen LogP contribution in [0, 0.1) is 6.92 Å². The molecule has 0 atom stereocenters. The number of rotatable bonds is 3. The molecule has 0 radical (unpaired) electrons. The van der Waals surface area contributed by atoms with E-state index in [4.69, 9.17) is 11.6 Å². The summed E-state index contributed by atoms with van der Waals surface area (Å²) >= 11 is 6.14. The minimum atomic E-state index is 0.770. The second-order valence-electron chi connectivity index (χ2n) is 4.09. The monoisotopic (exact) mass is 246 g/mol. The van der Waals surface area contributed by atoms with Gasteiger partial charge in [-0.2, -0.15) is 0 Å². The molecule has 0 saturated heterocycles. The number of aromatic nitrogens is 1. The first kappa shape index (κ1) is 12.1. The number of nitrogens with one attached hydrogen (secondary N) is 1. The molecule has 0 unspecified atom stereocenters. The quantitative estimate of drug-likeness (QED) is 0.898. The molecule has 0 amide bonds. The van der Waals surface area contributed by atoms with Gasteiger partial charge in [-0.15, -0.1) is 0 Å². The van der Waals surface area contributed by atoms with Crippen LogP contribution in [0.15, 0.2) is 36.7 Å². The van der Waals surface area contributed by atoms with Crippen LogP contribution in [0.2, 0.25) is 5.02 Å². The van der Waals surface area contributed by atoms with Crippen LogP contribution in [0.3, 0.4) is 0 Å². The number of halogens is 1. The van der Waals surface area contributed by atoms with Gasteiger partial charge >= 0.3 is 0 Å². The Labute approximate surface area is 107 Å². The highest BCUT2D eigenvalue weighted by molar-refractivity contribution is 6.31. The molecule has 88 valence electrons. The normalized spacial score (nSPS) is 10.5. The topological polar surface area (TPSA) is 24.9 Å². The summed E-state index contributed by atoms with van der Waals surface area (Å²) in [5.74, 6) is 0. The first-order valence-electron chi connectivity index (χ1n) is 5.56. The van der Waals surface area contributed by atoms with Gasteiger partial charge in [-0.05, 0) is 48.9 Å². The lowest BCUT2D eigenvalue weighted by molar-refractivity contribution is 0.818. The van der Waals surface area contributed by atoms with E-state index >= 15 is 0 Å². The van der Waals surface area contributed by atoms with Crippen molar-refractivity contribution in [2.45, 2.75) is 13.5 Å². The molecule has 3 heteroatoms. The van der Waals surface area contributed by atoms with Crippen molar-refractivity contribution in [1.82, 2.24) is 10.3 Å². The third kappa shape index (κ3) is 2.84. The van der Waals surface area contributed by atoms with E-state index < -0.39 is 0 Å². The lowest BCUT2D eigenvalue weighted by Gasteiger charge is -2.07. The molecular weight excluding hydrogens is 232 g/mol. The molecule has 17 heavy (non-hydrogen) atoms. The predicted octanol–water partition coefficient (Wildman–Crippen LogP) is 3.43. The number of benzene rings is 1.